The highest BCUT2D eigenvalue weighted by molar-refractivity contribution is 5.82. The predicted octanol–water partition coefficient (Wildman–Crippen LogP) is 5.80. The summed E-state index contributed by atoms with van der Waals surface area (Å²) in [5, 5.41) is 18.7. The number of hydrogen-bond acceptors (Lipinski definition) is 3. The Morgan fingerprint density at radius 2 is 1.36 bits per heavy atom. The van der Waals surface area contributed by atoms with Crippen LogP contribution in [-0.4, -0.2) is 23.4 Å². The summed E-state index contributed by atoms with van der Waals surface area (Å²) in [7, 11) is 0. The van der Waals surface area contributed by atoms with Crippen molar-refractivity contribution in [1.82, 2.24) is 0 Å². The molecule has 0 aromatic heterocycles. The van der Waals surface area contributed by atoms with Crippen molar-refractivity contribution in [3.63, 3.8) is 0 Å². The van der Waals surface area contributed by atoms with E-state index in [4.69, 9.17) is 9.84 Å². The molecule has 0 bridgehead atoms. The standard InChI is InChI=1S/C25H32O3/c1-24(2)15-20(16-25(3,4)17-24)23(18-5-9-21(27)10-6-18)19-7-11-22(12-8-19)28-14-13-26/h5-12,26-27H,13-17H2,1-4H3. The zero-order chi connectivity index (χ0) is 20.4. The largest absolute Gasteiger partial charge is 0.508 e. The van der Waals surface area contributed by atoms with Gasteiger partial charge in [0.05, 0.1) is 6.61 Å². The van der Waals surface area contributed by atoms with E-state index in [-0.39, 0.29) is 23.2 Å². The molecule has 0 amide bonds. The van der Waals surface area contributed by atoms with E-state index < -0.39 is 0 Å². The molecule has 2 aromatic rings. The molecule has 150 valence electrons. The highest BCUT2D eigenvalue weighted by atomic mass is 16.5. The van der Waals surface area contributed by atoms with Gasteiger partial charge in [-0.3, -0.25) is 0 Å². The van der Waals surface area contributed by atoms with Gasteiger partial charge in [-0.25, -0.2) is 0 Å². The highest BCUT2D eigenvalue weighted by Gasteiger charge is 2.37. The minimum atomic E-state index is 0.00866. The van der Waals surface area contributed by atoms with Gasteiger partial charge >= 0.3 is 0 Å². The van der Waals surface area contributed by atoms with E-state index in [9.17, 15) is 5.11 Å². The van der Waals surface area contributed by atoms with Crippen LogP contribution in [0.3, 0.4) is 0 Å². The Morgan fingerprint density at radius 1 is 0.857 bits per heavy atom. The van der Waals surface area contributed by atoms with Crippen molar-refractivity contribution in [3.05, 3.63) is 65.2 Å². The predicted molar refractivity (Wildman–Crippen MR) is 115 cm³/mol. The quantitative estimate of drug-likeness (QED) is 0.689. The van der Waals surface area contributed by atoms with E-state index in [0.717, 1.165) is 29.7 Å². The van der Waals surface area contributed by atoms with Crippen LogP contribution in [-0.2, 0) is 0 Å². The fraction of sp³-hybridized carbons (Fsp3) is 0.440. The normalized spacial score (nSPS) is 18.0. The molecule has 1 aliphatic carbocycles. The van der Waals surface area contributed by atoms with Crippen LogP contribution < -0.4 is 4.74 Å². The summed E-state index contributed by atoms with van der Waals surface area (Å²) in [6.45, 7) is 9.73. The molecule has 0 atom stereocenters. The van der Waals surface area contributed by atoms with Crippen LogP contribution in [0.4, 0.5) is 0 Å². The average molecular weight is 381 g/mol. The second-order valence-corrected chi connectivity index (χ2v) is 9.48. The molecular formula is C25H32O3. The Balaban J connectivity index is 2.09. The summed E-state index contributed by atoms with van der Waals surface area (Å²) in [6.07, 6.45) is 3.34. The van der Waals surface area contributed by atoms with E-state index in [1.165, 1.54) is 17.6 Å². The Morgan fingerprint density at radius 3 is 1.86 bits per heavy atom. The molecule has 1 saturated carbocycles. The Labute approximate surface area is 168 Å². The second-order valence-electron chi connectivity index (χ2n) is 9.48. The molecule has 28 heavy (non-hydrogen) atoms. The number of allylic oxidation sites excluding steroid dienone is 1. The first kappa shape index (κ1) is 20.5. The van der Waals surface area contributed by atoms with Gasteiger partial charge in [0.1, 0.15) is 18.1 Å². The number of aromatic hydroxyl groups is 1. The maximum Gasteiger partial charge on any atom is 0.119 e. The first-order valence-electron chi connectivity index (χ1n) is 10.0. The topological polar surface area (TPSA) is 49.7 Å². The second kappa shape index (κ2) is 8.00. The zero-order valence-electron chi connectivity index (χ0n) is 17.5. The van der Waals surface area contributed by atoms with Gasteiger partial charge in [-0.15, -0.1) is 0 Å². The number of aliphatic hydroxyl groups excluding tert-OH is 1. The Kier molecular flexibility index (Phi) is 5.85. The summed E-state index contributed by atoms with van der Waals surface area (Å²) in [4.78, 5) is 0. The lowest BCUT2D eigenvalue weighted by Gasteiger charge is -2.43. The molecular weight excluding hydrogens is 348 g/mol. The molecule has 2 aromatic carbocycles. The third-order valence-electron chi connectivity index (χ3n) is 5.35. The number of ether oxygens (including phenoxy) is 1. The maximum atomic E-state index is 9.75. The first-order valence-corrected chi connectivity index (χ1v) is 10.0. The zero-order valence-corrected chi connectivity index (χ0v) is 17.5. The van der Waals surface area contributed by atoms with Gasteiger partial charge in [0, 0.05) is 0 Å². The molecule has 0 saturated heterocycles. The van der Waals surface area contributed by atoms with Crippen molar-refractivity contribution in [3.8, 4) is 11.5 Å². The van der Waals surface area contributed by atoms with E-state index >= 15 is 0 Å². The van der Waals surface area contributed by atoms with Crippen LogP contribution in [0.2, 0.25) is 0 Å². The molecule has 0 aliphatic heterocycles. The third-order valence-corrected chi connectivity index (χ3v) is 5.35. The van der Waals surface area contributed by atoms with Gasteiger partial charge in [0.25, 0.3) is 0 Å². The minimum absolute atomic E-state index is 0.00866. The number of benzene rings is 2. The lowest BCUT2D eigenvalue weighted by atomic mass is 9.62. The van der Waals surface area contributed by atoms with Crippen LogP contribution in [0.15, 0.2) is 54.1 Å². The molecule has 1 aliphatic rings. The molecule has 3 rings (SSSR count). The van der Waals surface area contributed by atoms with Crippen molar-refractivity contribution < 1.29 is 14.9 Å². The van der Waals surface area contributed by atoms with E-state index in [0.29, 0.717) is 6.61 Å². The van der Waals surface area contributed by atoms with Crippen LogP contribution >= 0.6 is 0 Å². The monoisotopic (exact) mass is 380 g/mol. The number of phenols is 1. The van der Waals surface area contributed by atoms with Crippen molar-refractivity contribution in [1.29, 1.82) is 0 Å². The summed E-state index contributed by atoms with van der Waals surface area (Å²) in [5.41, 5.74) is 5.52. The minimum Gasteiger partial charge on any atom is -0.508 e. The third kappa shape index (κ3) is 4.96. The number of hydrogen-bond donors (Lipinski definition) is 2. The lowest BCUT2D eigenvalue weighted by Crippen LogP contribution is -2.30. The number of rotatable bonds is 5. The fourth-order valence-corrected chi connectivity index (χ4v) is 4.90. The number of phenolic OH excluding ortho intramolecular Hbond substituents is 1. The smallest absolute Gasteiger partial charge is 0.119 e. The van der Waals surface area contributed by atoms with E-state index in [2.05, 4.69) is 39.8 Å². The van der Waals surface area contributed by atoms with Crippen molar-refractivity contribution in [2.24, 2.45) is 10.8 Å². The Hall–Kier alpha value is -2.26. The van der Waals surface area contributed by atoms with Gasteiger partial charge in [-0.2, -0.15) is 0 Å². The summed E-state index contributed by atoms with van der Waals surface area (Å²) >= 11 is 0. The SMILES string of the molecule is CC1(C)CC(=C(c2ccc(O)cc2)c2ccc(OCCO)cc2)CC(C)(C)C1. The van der Waals surface area contributed by atoms with Crippen LogP contribution in [0.5, 0.6) is 11.5 Å². The molecule has 2 N–H and O–H groups in total. The molecule has 0 heterocycles. The average Bonchev–Trinajstić information content (AvgIpc) is 2.60. The van der Waals surface area contributed by atoms with Gasteiger partial charge in [-0.05, 0) is 71.1 Å². The van der Waals surface area contributed by atoms with Crippen LogP contribution in [0.1, 0.15) is 58.1 Å². The maximum absolute atomic E-state index is 9.75. The van der Waals surface area contributed by atoms with Crippen LogP contribution in [0, 0.1) is 10.8 Å². The van der Waals surface area contributed by atoms with Crippen LogP contribution in [0.25, 0.3) is 5.57 Å². The van der Waals surface area contributed by atoms with E-state index in [1.807, 2.05) is 24.3 Å². The van der Waals surface area contributed by atoms with Crippen molar-refractivity contribution >= 4 is 5.57 Å². The van der Waals surface area contributed by atoms with Gasteiger partial charge < -0.3 is 14.9 Å². The summed E-state index contributed by atoms with van der Waals surface area (Å²) in [6, 6.07) is 15.6. The fourth-order valence-electron chi connectivity index (χ4n) is 4.90. The van der Waals surface area contributed by atoms with Gasteiger partial charge in [0.2, 0.25) is 0 Å². The van der Waals surface area contributed by atoms with E-state index in [1.54, 1.807) is 12.1 Å². The lowest BCUT2D eigenvalue weighted by molar-refractivity contribution is 0.154. The van der Waals surface area contributed by atoms with Gasteiger partial charge in [0.15, 0.2) is 0 Å². The molecule has 1 fully saturated rings. The van der Waals surface area contributed by atoms with Gasteiger partial charge in [-0.1, -0.05) is 57.5 Å². The molecule has 0 unspecified atom stereocenters. The highest BCUT2D eigenvalue weighted by Crippen LogP contribution is 2.50. The molecule has 0 radical (unpaired) electrons. The molecule has 0 spiro atoms. The molecule has 3 nitrogen and oxygen atoms in total. The van der Waals surface area contributed by atoms with Crippen molar-refractivity contribution in [2.75, 3.05) is 13.2 Å². The summed E-state index contributed by atoms with van der Waals surface area (Å²) in [5.74, 6) is 1.04. The number of aliphatic hydroxyl groups is 1. The first-order chi connectivity index (χ1) is 13.2. The Bertz CT molecular complexity index is 809. The van der Waals surface area contributed by atoms with Crippen molar-refractivity contribution in [2.45, 2.75) is 47.0 Å². The summed E-state index contributed by atoms with van der Waals surface area (Å²) < 4.78 is 5.52. The molecule has 3 heteroatoms.